The second-order valence-electron chi connectivity index (χ2n) is 9.61. The maximum atomic E-state index is 15.6. The fourth-order valence-corrected chi connectivity index (χ4v) is 5.57. The fourth-order valence-electron chi connectivity index (χ4n) is 4.94. The van der Waals surface area contributed by atoms with Crippen LogP contribution in [-0.4, -0.2) is 38.2 Å². The summed E-state index contributed by atoms with van der Waals surface area (Å²) < 4.78 is 72.8. The number of alkyl halides is 4. The van der Waals surface area contributed by atoms with E-state index in [1.54, 1.807) is 0 Å². The van der Waals surface area contributed by atoms with E-state index in [1.165, 1.54) is 30.3 Å². The Bertz CT molecular complexity index is 1350. The Kier molecular flexibility index (Phi) is 9.04. The first kappa shape index (κ1) is 29.8. The smallest absolute Gasteiger partial charge is 0.433 e. The number of carboxylic acid groups (broad SMARTS) is 1. The Balaban J connectivity index is 1.69. The van der Waals surface area contributed by atoms with E-state index >= 15 is 4.39 Å². The van der Waals surface area contributed by atoms with Crippen LogP contribution >= 0.6 is 23.2 Å². The first-order valence-electron chi connectivity index (χ1n) is 12.4. The minimum Gasteiger partial charge on any atom is -0.481 e. The van der Waals surface area contributed by atoms with Gasteiger partial charge in [0.25, 0.3) is 5.91 Å². The molecule has 1 heterocycles. The van der Waals surface area contributed by atoms with Crippen LogP contribution in [0.25, 0.3) is 0 Å². The van der Waals surface area contributed by atoms with Gasteiger partial charge in [-0.3, -0.25) is 14.3 Å². The number of rotatable bonds is 8. The Morgan fingerprint density at radius 1 is 1.05 bits per heavy atom. The summed E-state index contributed by atoms with van der Waals surface area (Å²) in [4.78, 5) is 25.8. The summed E-state index contributed by atoms with van der Waals surface area (Å²) in [6, 6.07) is 8.41. The molecule has 1 aliphatic rings. The number of hydrogen-bond donors (Lipinski definition) is 1. The van der Waals surface area contributed by atoms with Crippen LogP contribution in [0.15, 0.2) is 48.7 Å². The Morgan fingerprint density at radius 3 is 2.20 bits per heavy atom. The van der Waals surface area contributed by atoms with Crippen LogP contribution in [0.2, 0.25) is 10.0 Å². The maximum Gasteiger partial charge on any atom is 0.433 e. The minimum absolute atomic E-state index is 0.0186. The van der Waals surface area contributed by atoms with Crippen molar-refractivity contribution in [2.24, 2.45) is 5.92 Å². The van der Waals surface area contributed by atoms with E-state index in [1.807, 2.05) is 0 Å². The standard InChI is InChI=1S/C27H24Cl2F5N3O3/c28-20-2-1-3-21(29)23(20)22(31)14-36(13-15-4-8-17(30)9-5-15)25(38)19-12-35-37(24(19)27(32,33)34)18-10-6-16(7-11-18)26(39)40/h1-5,8-9,12,16,18,22H,6-7,10-11,13-14H2,(H,39,40)/t16-,18-,22?. The SMILES string of the molecule is O=C(c1cnn([C@H]2CC[C@H](C(=O)O)CC2)c1C(F)(F)F)N(Cc1ccc(F)cc1)CC(F)c1c(Cl)cccc1Cl. The zero-order valence-corrected chi connectivity index (χ0v) is 22.4. The first-order valence-corrected chi connectivity index (χ1v) is 13.1. The van der Waals surface area contributed by atoms with Gasteiger partial charge in [0, 0.05) is 22.2 Å². The summed E-state index contributed by atoms with van der Waals surface area (Å²) in [5, 5.41) is 13.1. The number of hydrogen-bond acceptors (Lipinski definition) is 3. The van der Waals surface area contributed by atoms with Crippen molar-refractivity contribution in [2.75, 3.05) is 6.54 Å². The highest BCUT2D eigenvalue weighted by Crippen LogP contribution is 2.40. The van der Waals surface area contributed by atoms with E-state index in [9.17, 15) is 32.3 Å². The van der Waals surface area contributed by atoms with Gasteiger partial charge >= 0.3 is 12.1 Å². The van der Waals surface area contributed by atoms with Crippen molar-refractivity contribution in [1.82, 2.24) is 14.7 Å². The highest BCUT2D eigenvalue weighted by Gasteiger charge is 2.43. The van der Waals surface area contributed by atoms with Crippen LogP contribution in [0.3, 0.4) is 0 Å². The lowest BCUT2D eigenvalue weighted by atomic mass is 9.86. The molecular weight excluding hydrogens is 580 g/mol. The Hall–Kier alpha value is -3.18. The van der Waals surface area contributed by atoms with Gasteiger partial charge in [0.15, 0.2) is 5.69 Å². The van der Waals surface area contributed by atoms with Crippen molar-refractivity contribution in [3.05, 3.63) is 86.9 Å². The summed E-state index contributed by atoms with van der Waals surface area (Å²) in [6.45, 7) is -1.04. The molecule has 4 rings (SSSR count). The monoisotopic (exact) mass is 603 g/mol. The zero-order valence-electron chi connectivity index (χ0n) is 20.8. The second-order valence-corrected chi connectivity index (χ2v) is 10.4. The van der Waals surface area contributed by atoms with Gasteiger partial charge in [0.2, 0.25) is 0 Å². The van der Waals surface area contributed by atoms with Gasteiger partial charge in [-0.1, -0.05) is 41.4 Å². The lowest BCUT2D eigenvalue weighted by Gasteiger charge is -2.29. The molecule has 6 nitrogen and oxygen atoms in total. The van der Waals surface area contributed by atoms with Gasteiger partial charge in [-0.25, -0.2) is 8.78 Å². The topological polar surface area (TPSA) is 75.4 Å². The Labute approximate surface area is 236 Å². The molecule has 1 atom stereocenters. The lowest BCUT2D eigenvalue weighted by Crippen LogP contribution is -2.35. The molecule has 1 unspecified atom stereocenters. The number of halogens is 7. The van der Waals surface area contributed by atoms with Gasteiger partial charge < -0.3 is 10.0 Å². The third kappa shape index (κ3) is 6.58. The van der Waals surface area contributed by atoms with E-state index in [4.69, 9.17) is 23.2 Å². The van der Waals surface area contributed by atoms with Crippen LogP contribution in [-0.2, 0) is 17.5 Å². The van der Waals surface area contributed by atoms with Crippen LogP contribution in [0.5, 0.6) is 0 Å². The van der Waals surface area contributed by atoms with Crippen molar-refractivity contribution in [2.45, 2.75) is 50.6 Å². The van der Waals surface area contributed by atoms with E-state index in [-0.39, 0.29) is 47.8 Å². The molecule has 0 radical (unpaired) electrons. The molecule has 1 aliphatic carbocycles. The number of carboxylic acids is 1. The summed E-state index contributed by atoms with van der Waals surface area (Å²) in [5.41, 5.74) is -1.86. The normalized spacial score (nSPS) is 18.4. The quantitative estimate of drug-likeness (QED) is 0.270. The van der Waals surface area contributed by atoms with Gasteiger partial charge in [-0.2, -0.15) is 18.3 Å². The molecule has 1 saturated carbocycles. The molecule has 0 spiro atoms. The molecule has 40 heavy (non-hydrogen) atoms. The van der Waals surface area contributed by atoms with Crippen molar-refractivity contribution < 1.29 is 36.6 Å². The number of amides is 1. The summed E-state index contributed by atoms with van der Waals surface area (Å²) in [7, 11) is 0. The summed E-state index contributed by atoms with van der Waals surface area (Å²) in [5.74, 6) is -3.38. The molecule has 0 saturated heterocycles. The Morgan fingerprint density at radius 2 is 1.65 bits per heavy atom. The molecular formula is C27H24Cl2F5N3O3. The number of carbonyl (C=O) groups is 2. The van der Waals surface area contributed by atoms with Crippen molar-refractivity contribution in [3.8, 4) is 0 Å². The molecule has 3 aromatic rings. The van der Waals surface area contributed by atoms with Gasteiger partial charge in [0.05, 0.1) is 30.3 Å². The molecule has 0 aliphatic heterocycles. The van der Waals surface area contributed by atoms with E-state index in [2.05, 4.69) is 5.10 Å². The molecule has 1 N–H and O–H groups in total. The molecule has 13 heteroatoms. The second kappa shape index (κ2) is 12.1. The molecule has 214 valence electrons. The third-order valence-corrected chi connectivity index (χ3v) is 7.61. The predicted molar refractivity (Wildman–Crippen MR) is 137 cm³/mol. The largest absolute Gasteiger partial charge is 0.481 e. The molecule has 1 aromatic heterocycles. The number of carbonyl (C=O) groups excluding carboxylic acids is 1. The number of aromatic nitrogens is 2. The molecule has 2 aromatic carbocycles. The average Bonchev–Trinajstić information content (AvgIpc) is 3.35. The van der Waals surface area contributed by atoms with Crippen LogP contribution < -0.4 is 0 Å². The first-order chi connectivity index (χ1) is 18.9. The van der Waals surface area contributed by atoms with Crippen LogP contribution in [0, 0.1) is 11.7 Å². The number of aliphatic carboxylic acids is 1. The lowest BCUT2D eigenvalue weighted by molar-refractivity contribution is -0.147. The van der Waals surface area contributed by atoms with Crippen LogP contribution in [0.1, 0.15) is 65.1 Å². The summed E-state index contributed by atoms with van der Waals surface area (Å²) >= 11 is 12.2. The van der Waals surface area contributed by atoms with Crippen molar-refractivity contribution >= 4 is 35.1 Å². The molecule has 1 amide bonds. The summed E-state index contributed by atoms with van der Waals surface area (Å²) in [6.07, 6.45) is -5.56. The predicted octanol–water partition coefficient (Wildman–Crippen LogP) is 7.52. The highest BCUT2D eigenvalue weighted by atomic mass is 35.5. The zero-order chi connectivity index (χ0) is 29.2. The number of nitrogens with zero attached hydrogens (tertiary/aromatic N) is 3. The molecule has 0 bridgehead atoms. The highest BCUT2D eigenvalue weighted by molar-refractivity contribution is 6.36. The third-order valence-electron chi connectivity index (χ3n) is 6.95. The van der Waals surface area contributed by atoms with Crippen LogP contribution in [0.4, 0.5) is 22.0 Å². The minimum atomic E-state index is -4.99. The van der Waals surface area contributed by atoms with E-state index in [0.717, 1.165) is 27.9 Å². The van der Waals surface area contributed by atoms with E-state index < -0.39 is 59.8 Å². The number of benzene rings is 2. The van der Waals surface area contributed by atoms with Crippen molar-refractivity contribution in [3.63, 3.8) is 0 Å². The fraction of sp³-hybridized carbons (Fsp3) is 0.370. The maximum absolute atomic E-state index is 15.6. The van der Waals surface area contributed by atoms with Gasteiger partial charge in [-0.15, -0.1) is 0 Å². The van der Waals surface area contributed by atoms with E-state index in [0.29, 0.717) is 5.56 Å². The molecule has 1 fully saturated rings. The van der Waals surface area contributed by atoms with Gasteiger partial charge in [0.1, 0.15) is 12.0 Å². The average molecular weight is 604 g/mol. The van der Waals surface area contributed by atoms with Gasteiger partial charge in [-0.05, 0) is 55.5 Å². The van der Waals surface area contributed by atoms with Crippen molar-refractivity contribution in [1.29, 1.82) is 0 Å².